The first-order valence-corrected chi connectivity index (χ1v) is 6.74. The number of anilines is 1. The van der Waals surface area contributed by atoms with Gasteiger partial charge in [0.1, 0.15) is 11.4 Å². The van der Waals surface area contributed by atoms with Gasteiger partial charge in [0, 0.05) is 6.54 Å². The largest absolute Gasteiger partial charge is 0.383 e. The monoisotopic (exact) mass is 250 g/mol. The predicted octanol–water partition coefficient (Wildman–Crippen LogP) is 1.94. The van der Waals surface area contributed by atoms with E-state index in [9.17, 15) is 4.79 Å². The molecular formula is C13H22N4O. The molecule has 1 aromatic rings. The molecule has 0 aliphatic heterocycles. The Hall–Kier alpha value is -1.52. The van der Waals surface area contributed by atoms with Gasteiger partial charge in [-0.15, -0.1) is 0 Å². The lowest BCUT2D eigenvalue weighted by Crippen LogP contribution is -2.27. The maximum atomic E-state index is 11.8. The Morgan fingerprint density at radius 1 is 1.61 bits per heavy atom. The Morgan fingerprint density at radius 2 is 2.44 bits per heavy atom. The highest BCUT2D eigenvalue weighted by atomic mass is 16.1. The minimum atomic E-state index is -0.134. The molecule has 1 aliphatic carbocycles. The van der Waals surface area contributed by atoms with Crippen LogP contribution < -0.4 is 11.1 Å². The van der Waals surface area contributed by atoms with E-state index in [1.807, 2.05) is 0 Å². The van der Waals surface area contributed by atoms with Gasteiger partial charge in [-0.1, -0.05) is 26.2 Å². The summed E-state index contributed by atoms with van der Waals surface area (Å²) in [6, 6.07) is 0. The standard InChI is InChI=1S/C13H22N4O/c1-9-3-2-4-10(7-9)5-6-15-13(18)11-8-16-17-12(11)14/h8-10H,2-7H2,1H3,(H,15,18)(H3,14,16,17). The van der Waals surface area contributed by atoms with E-state index >= 15 is 0 Å². The number of rotatable bonds is 4. The molecule has 0 saturated heterocycles. The van der Waals surface area contributed by atoms with Crippen molar-refractivity contribution in [2.75, 3.05) is 12.3 Å². The van der Waals surface area contributed by atoms with Crippen molar-refractivity contribution >= 4 is 11.7 Å². The number of nitrogen functional groups attached to an aromatic ring is 1. The Kier molecular flexibility index (Phi) is 4.23. The number of carbonyl (C=O) groups is 1. The van der Waals surface area contributed by atoms with Gasteiger partial charge in [-0.2, -0.15) is 5.10 Å². The molecule has 1 saturated carbocycles. The van der Waals surface area contributed by atoms with Crippen molar-refractivity contribution in [3.05, 3.63) is 11.8 Å². The average molecular weight is 250 g/mol. The predicted molar refractivity (Wildman–Crippen MR) is 71.1 cm³/mol. The summed E-state index contributed by atoms with van der Waals surface area (Å²) in [6.45, 7) is 3.04. The van der Waals surface area contributed by atoms with Crippen LogP contribution >= 0.6 is 0 Å². The number of hydrogen-bond acceptors (Lipinski definition) is 3. The van der Waals surface area contributed by atoms with E-state index < -0.39 is 0 Å². The highest BCUT2D eigenvalue weighted by Crippen LogP contribution is 2.30. The molecule has 1 aliphatic rings. The number of amides is 1. The lowest BCUT2D eigenvalue weighted by Gasteiger charge is -2.26. The normalized spacial score (nSPS) is 23.8. The zero-order valence-electron chi connectivity index (χ0n) is 10.9. The topological polar surface area (TPSA) is 83.8 Å². The second-order valence-corrected chi connectivity index (χ2v) is 5.38. The number of aromatic nitrogens is 2. The molecule has 2 rings (SSSR count). The molecule has 0 spiro atoms. The van der Waals surface area contributed by atoms with Crippen LogP contribution in [0.1, 0.15) is 49.4 Å². The quantitative estimate of drug-likeness (QED) is 0.763. The fourth-order valence-corrected chi connectivity index (χ4v) is 2.78. The van der Waals surface area contributed by atoms with Crippen LogP contribution in [0.4, 0.5) is 5.82 Å². The van der Waals surface area contributed by atoms with Crippen molar-refractivity contribution in [1.82, 2.24) is 15.5 Å². The van der Waals surface area contributed by atoms with E-state index in [-0.39, 0.29) is 5.91 Å². The summed E-state index contributed by atoms with van der Waals surface area (Å²) >= 11 is 0. The van der Waals surface area contributed by atoms with E-state index in [1.165, 1.54) is 31.9 Å². The van der Waals surface area contributed by atoms with E-state index in [0.717, 1.165) is 24.8 Å². The first kappa shape index (κ1) is 12.9. The van der Waals surface area contributed by atoms with Gasteiger partial charge in [0.05, 0.1) is 6.20 Å². The zero-order valence-corrected chi connectivity index (χ0v) is 10.9. The third-order valence-electron chi connectivity index (χ3n) is 3.80. The van der Waals surface area contributed by atoms with Gasteiger partial charge in [0.2, 0.25) is 0 Å². The molecule has 100 valence electrons. The summed E-state index contributed by atoms with van der Waals surface area (Å²) in [5.41, 5.74) is 6.03. The van der Waals surface area contributed by atoms with Crippen molar-refractivity contribution in [3.8, 4) is 0 Å². The van der Waals surface area contributed by atoms with E-state index in [4.69, 9.17) is 5.73 Å². The molecule has 1 aromatic heterocycles. The SMILES string of the molecule is CC1CCCC(CCNC(=O)c2cn[nH]c2N)C1. The molecule has 4 N–H and O–H groups in total. The summed E-state index contributed by atoms with van der Waals surface area (Å²) in [5, 5.41) is 9.21. The van der Waals surface area contributed by atoms with Crippen LogP contribution in [0, 0.1) is 11.8 Å². The molecule has 1 heterocycles. The summed E-state index contributed by atoms with van der Waals surface area (Å²) in [6.07, 6.45) is 7.81. The Labute approximate surface area is 108 Å². The van der Waals surface area contributed by atoms with Crippen LogP contribution in [0.3, 0.4) is 0 Å². The summed E-state index contributed by atoms with van der Waals surface area (Å²) in [4.78, 5) is 11.8. The molecule has 2 atom stereocenters. The number of aromatic amines is 1. The van der Waals surface area contributed by atoms with Gasteiger partial charge >= 0.3 is 0 Å². The fourth-order valence-electron chi connectivity index (χ4n) is 2.78. The highest BCUT2D eigenvalue weighted by Gasteiger charge is 2.19. The molecule has 1 amide bonds. The van der Waals surface area contributed by atoms with Gasteiger partial charge in [-0.05, 0) is 24.7 Å². The second-order valence-electron chi connectivity index (χ2n) is 5.38. The Bertz CT molecular complexity index is 401. The lowest BCUT2D eigenvalue weighted by molar-refractivity contribution is 0.0950. The molecule has 5 nitrogen and oxygen atoms in total. The summed E-state index contributed by atoms with van der Waals surface area (Å²) in [5.74, 6) is 1.80. The molecule has 0 bridgehead atoms. The van der Waals surface area contributed by atoms with E-state index in [1.54, 1.807) is 0 Å². The van der Waals surface area contributed by atoms with Crippen molar-refractivity contribution in [3.63, 3.8) is 0 Å². The Morgan fingerprint density at radius 3 is 3.11 bits per heavy atom. The lowest BCUT2D eigenvalue weighted by atomic mass is 9.81. The van der Waals surface area contributed by atoms with Gasteiger partial charge in [0.15, 0.2) is 0 Å². The van der Waals surface area contributed by atoms with Crippen LogP contribution in [-0.4, -0.2) is 22.6 Å². The maximum absolute atomic E-state index is 11.8. The highest BCUT2D eigenvalue weighted by molar-refractivity contribution is 5.97. The Balaban J connectivity index is 1.72. The van der Waals surface area contributed by atoms with Gasteiger partial charge in [0.25, 0.3) is 5.91 Å². The van der Waals surface area contributed by atoms with Crippen molar-refractivity contribution in [2.45, 2.75) is 39.0 Å². The summed E-state index contributed by atoms with van der Waals surface area (Å²) < 4.78 is 0. The number of H-pyrrole nitrogens is 1. The average Bonchev–Trinajstić information content (AvgIpc) is 2.75. The van der Waals surface area contributed by atoms with Gasteiger partial charge in [-0.25, -0.2) is 0 Å². The molecule has 5 heteroatoms. The first-order chi connectivity index (χ1) is 8.66. The van der Waals surface area contributed by atoms with Gasteiger partial charge in [-0.3, -0.25) is 9.89 Å². The molecule has 0 radical (unpaired) electrons. The van der Waals surface area contributed by atoms with Crippen LogP contribution in [-0.2, 0) is 0 Å². The number of nitrogens with one attached hydrogen (secondary N) is 2. The van der Waals surface area contributed by atoms with Crippen molar-refractivity contribution < 1.29 is 4.79 Å². The van der Waals surface area contributed by atoms with E-state index in [2.05, 4.69) is 22.4 Å². The minimum absolute atomic E-state index is 0.134. The first-order valence-electron chi connectivity index (χ1n) is 6.74. The maximum Gasteiger partial charge on any atom is 0.256 e. The zero-order chi connectivity index (χ0) is 13.0. The summed E-state index contributed by atoms with van der Waals surface area (Å²) in [7, 11) is 0. The molecule has 0 aromatic carbocycles. The number of nitrogens with two attached hydrogens (primary N) is 1. The minimum Gasteiger partial charge on any atom is -0.383 e. The number of hydrogen-bond donors (Lipinski definition) is 3. The van der Waals surface area contributed by atoms with Crippen LogP contribution in [0.25, 0.3) is 0 Å². The smallest absolute Gasteiger partial charge is 0.256 e. The van der Waals surface area contributed by atoms with Crippen LogP contribution in [0.15, 0.2) is 6.20 Å². The van der Waals surface area contributed by atoms with Crippen molar-refractivity contribution in [2.24, 2.45) is 11.8 Å². The molecule has 18 heavy (non-hydrogen) atoms. The fraction of sp³-hybridized carbons (Fsp3) is 0.692. The van der Waals surface area contributed by atoms with Crippen LogP contribution in [0.5, 0.6) is 0 Å². The number of carbonyl (C=O) groups excluding carboxylic acids is 1. The third-order valence-corrected chi connectivity index (χ3v) is 3.80. The molecule has 2 unspecified atom stereocenters. The van der Waals surface area contributed by atoms with Crippen molar-refractivity contribution in [1.29, 1.82) is 0 Å². The molecular weight excluding hydrogens is 228 g/mol. The third kappa shape index (κ3) is 3.24. The van der Waals surface area contributed by atoms with Crippen LogP contribution in [0.2, 0.25) is 0 Å². The second kappa shape index (κ2) is 5.89. The number of nitrogens with zero attached hydrogens (tertiary/aromatic N) is 1. The van der Waals surface area contributed by atoms with E-state index in [0.29, 0.717) is 11.4 Å². The van der Waals surface area contributed by atoms with Gasteiger partial charge < -0.3 is 11.1 Å². The molecule has 1 fully saturated rings.